The molecule has 0 aliphatic heterocycles. The van der Waals surface area contributed by atoms with E-state index >= 15 is 0 Å². The lowest BCUT2D eigenvalue weighted by molar-refractivity contribution is 0.0946. The second-order valence-corrected chi connectivity index (χ2v) is 4.97. The van der Waals surface area contributed by atoms with Crippen LogP contribution in [0.15, 0.2) is 54.9 Å². The van der Waals surface area contributed by atoms with Gasteiger partial charge in [-0.25, -0.2) is 4.98 Å². The number of amides is 1. The van der Waals surface area contributed by atoms with Gasteiger partial charge in [-0.3, -0.25) is 9.78 Å². The van der Waals surface area contributed by atoms with E-state index in [1.807, 2.05) is 49.4 Å². The van der Waals surface area contributed by atoms with Crippen LogP contribution in [0.4, 0.5) is 0 Å². The second kappa shape index (κ2) is 6.22. The summed E-state index contributed by atoms with van der Waals surface area (Å²) in [5.74, 6) is 0.504. The van der Waals surface area contributed by atoms with Crippen molar-refractivity contribution in [2.45, 2.75) is 13.5 Å². The molecular weight excluding hydrogens is 276 g/mol. The Kier molecular flexibility index (Phi) is 3.96. The largest absolute Gasteiger partial charge is 0.347 e. The van der Waals surface area contributed by atoms with E-state index in [1.165, 1.54) is 0 Å². The molecule has 5 heteroatoms. The minimum Gasteiger partial charge on any atom is -0.347 e. The third-order valence-corrected chi connectivity index (χ3v) is 3.32. The van der Waals surface area contributed by atoms with E-state index in [0.29, 0.717) is 18.1 Å². The van der Waals surface area contributed by atoms with Crippen molar-refractivity contribution in [3.63, 3.8) is 0 Å². The average Bonchev–Trinajstić information content (AvgIpc) is 2.96. The van der Waals surface area contributed by atoms with Crippen LogP contribution in [0.1, 0.15) is 21.7 Å². The molecule has 0 bridgehead atoms. The molecule has 0 radical (unpaired) electrons. The Hall–Kier alpha value is -2.95. The molecule has 2 aromatic heterocycles. The Labute approximate surface area is 128 Å². The number of aromatic amines is 1. The molecule has 0 spiro atoms. The molecule has 0 unspecified atom stereocenters. The minimum atomic E-state index is -0.195. The molecule has 0 saturated carbocycles. The maximum Gasteiger partial charge on any atom is 0.272 e. The Bertz CT molecular complexity index is 766. The van der Waals surface area contributed by atoms with Gasteiger partial charge in [-0.15, -0.1) is 0 Å². The Morgan fingerprint density at radius 1 is 1.18 bits per heavy atom. The fraction of sp³-hybridized carbons (Fsp3) is 0.118. The number of imidazole rings is 1. The maximum atomic E-state index is 12.3. The van der Waals surface area contributed by atoms with Crippen molar-refractivity contribution < 1.29 is 4.79 Å². The maximum absolute atomic E-state index is 12.3. The molecule has 2 heterocycles. The lowest BCUT2D eigenvalue weighted by Gasteiger charge is -2.03. The molecule has 0 atom stereocenters. The summed E-state index contributed by atoms with van der Waals surface area (Å²) in [7, 11) is 0. The Balaban J connectivity index is 1.74. The highest BCUT2D eigenvalue weighted by Crippen LogP contribution is 2.17. The van der Waals surface area contributed by atoms with E-state index in [0.717, 1.165) is 16.8 Å². The highest BCUT2D eigenvalue weighted by Gasteiger charge is 2.15. The fourth-order valence-corrected chi connectivity index (χ4v) is 2.18. The van der Waals surface area contributed by atoms with E-state index in [2.05, 4.69) is 20.3 Å². The van der Waals surface area contributed by atoms with Gasteiger partial charge in [0.05, 0.1) is 0 Å². The van der Waals surface area contributed by atoms with Crippen LogP contribution >= 0.6 is 0 Å². The standard InChI is InChI=1S/C17H16N4O/c1-12-15(17(22)19-11-13-6-5-9-18-10-13)21-16(20-12)14-7-3-2-4-8-14/h2-10H,11H2,1H3,(H,19,22)(H,20,21). The molecule has 1 amide bonds. The van der Waals surface area contributed by atoms with Crippen molar-refractivity contribution in [1.29, 1.82) is 0 Å². The number of nitrogens with one attached hydrogen (secondary N) is 2. The number of nitrogens with zero attached hydrogens (tertiary/aromatic N) is 2. The van der Waals surface area contributed by atoms with Gasteiger partial charge in [0.2, 0.25) is 0 Å². The summed E-state index contributed by atoms with van der Waals surface area (Å²) in [5.41, 5.74) is 3.08. The molecule has 3 rings (SSSR count). The topological polar surface area (TPSA) is 70.7 Å². The highest BCUT2D eigenvalue weighted by atomic mass is 16.1. The number of rotatable bonds is 4. The first-order valence-corrected chi connectivity index (χ1v) is 7.03. The number of benzene rings is 1. The number of aryl methyl sites for hydroxylation is 1. The van der Waals surface area contributed by atoms with Crippen LogP contribution in [0.3, 0.4) is 0 Å². The first-order chi connectivity index (χ1) is 10.7. The summed E-state index contributed by atoms with van der Waals surface area (Å²) < 4.78 is 0. The summed E-state index contributed by atoms with van der Waals surface area (Å²) in [6, 6.07) is 13.5. The summed E-state index contributed by atoms with van der Waals surface area (Å²) >= 11 is 0. The lowest BCUT2D eigenvalue weighted by atomic mass is 10.2. The van der Waals surface area contributed by atoms with Gasteiger partial charge >= 0.3 is 0 Å². The zero-order valence-electron chi connectivity index (χ0n) is 12.2. The summed E-state index contributed by atoms with van der Waals surface area (Å²) in [6.45, 7) is 2.28. The highest BCUT2D eigenvalue weighted by molar-refractivity contribution is 5.94. The quantitative estimate of drug-likeness (QED) is 0.776. The molecule has 0 aliphatic rings. The smallest absolute Gasteiger partial charge is 0.272 e. The molecule has 0 aliphatic carbocycles. The summed E-state index contributed by atoms with van der Waals surface area (Å²) in [4.78, 5) is 23.9. The monoisotopic (exact) mass is 292 g/mol. The van der Waals surface area contributed by atoms with Gasteiger partial charge in [0.25, 0.3) is 5.91 Å². The number of pyridine rings is 1. The van der Waals surface area contributed by atoms with Crippen molar-refractivity contribution in [1.82, 2.24) is 20.3 Å². The van der Waals surface area contributed by atoms with Gasteiger partial charge in [-0.1, -0.05) is 36.4 Å². The van der Waals surface area contributed by atoms with Crippen LogP contribution in [0.5, 0.6) is 0 Å². The van der Waals surface area contributed by atoms with Crippen molar-refractivity contribution >= 4 is 5.91 Å². The predicted molar refractivity (Wildman–Crippen MR) is 84.2 cm³/mol. The van der Waals surface area contributed by atoms with Crippen LogP contribution in [0, 0.1) is 6.92 Å². The average molecular weight is 292 g/mol. The van der Waals surface area contributed by atoms with E-state index in [9.17, 15) is 4.79 Å². The molecule has 5 nitrogen and oxygen atoms in total. The normalized spacial score (nSPS) is 10.4. The number of carbonyl (C=O) groups is 1. The van der Waals surface area contributed by atoms with Crippen LogP contribution in [0.25, 0.3) is 11.4 Å². The van der Waals surface area contributed by atoms with E-state index in [1.54, 1.807) is 12.4 Å². The lowest BCUT2D eigenvalue weighted by Crippen LogP contribution is -2.23. The third-order valence-electron chi connectivity index (χ3n) is 3.32. The number of hydrogen-bond acceptors (Lipinski definition) is 3. The number of hydrogen-bond donors (Lipinski definition) is 2. The van der Waals surface area contributed by atoms with Gasteiger partial charge in [0, 0.05) is 30.2 Å². The van der Waals surface area contributed by atoms with Crippen molar-refractivity contribution in [3.05, 3.63) is 71.8 Å². The van der Waals surface area contributed by atoms with Gasteiger partial charge in [0.1, 0.15) is 11.5 Å². The van der Waals surface area contributed by atoms with Crippen LogP contribution in [-0.2, 0) is 6.54 Å². The molecule has 1 aromatic carbocycles. The summed E-state index contributed by atoms with van der Waals surface area (Å²) in [6.07, 6.45) is 3.43. The van der Waals surface area contributed by atoms with Gasteiger partial charge < -0.3 is 10.3 Å². The third kappa shape index (κ3) is 3.03. The Morgan fingerprint density at radius 3 is 2.73 bits per heavy atom. The molecule has 2 N–H and O–H groups in total. The molecule has 0 saturated heterocycles. The molecule has 3 aromatic rings. The van der Waals surface area contributed by atoms with E-state index in [-0.39, 0.29) is 5.91 Å². The molecule has 110 valence electrons. The minimum absolute atomic E-state index is 0.195. The second-order valence-electron chi connectivity index (χ2n) is 4.97. The first-order valence-electron chi connectivity index (χ1n) is 7.03. The first kappa shape index (κ1) is 14.0. The van der Waals surface area contributed by atoms with Crippen molar-refractivity contribution in [2.24, 2.45) is 0 Å². The van der Waals surface area contributed by atoms with Gasteiger partial charge in [0.15, 0.2) is 0 Å². The number of carbonyl (C=O) groups excluding carboxylic acids is 1. The zero-order valence-corrected chi connectivity index (χ0v) is 12.2. The van der Waals surface area contributed by atoms with Crippen molar-refractivity contribution in [3.8, 4) is 11.4 Å². The molecular formula is C17H16N4O. The zero-order chi connectivity index (χ0) is 15.4. The predicted octanol–water partition coefficient (Wildman–Crippen LogP) is 2.71. The fourth-order valence-electron chi connectivity index (χ4n) is 2.18. The van der Waals surface area contributed by atoms with E-state index in [4.69, 9.17) is 0 Å². The SMILES string of the molecule is Cc1[nH]c(-c2ccccc2)nc1C(=O)NCc1cccnc1. The van der Waals surface area contributed by atoms with Crippen LogP contribution in [0.2, 0.25) is 0 Å². The van der Waals surface area contributed by atoms with Crippen LogP contribution in [-0.4, -0.2) is 20.9 Å². The van der Waals surface area contributed by atoms with Crippen molar-refractivity contribution in [2.75, 3.05) is 0 Å². The van der Waals surface area contributed by atoms with Gasteiger partial charge in [-0.05, 0) is 18.6 Å². The number of H-pyrrole nitrogens is 1. The Morgan fingerprint density at radius 2 is 2.00 bits per heavy atom. The summed E-state index contributed by atoms with van der Waals surface area (Å²) in [5, 5.41) is 2.86. The number of aromatic nitrogens is 3. The van der Waals surface area contributed by atoms with E-state index < -0.39 is 0 Å². The van der Waals surface area contributed by atoms with Gasteiger partial charge in [-0.2, -0.15) is 0 Å². The molecule has 0 fully saturated rings. The van der Waals surface area contributed by atoms with Crippen LogP contribution < -0.4 is 5.32 Å². The molecule has 22 heavy (non-hydrogen) atoms.